The Balaban J connectivity index is 1.94. The molecule has 1 fully saturated rings. The van der Waals surface area contributed by atoms with Crippen molar-refractivity contribution in [2.45, 2.75) is 43.9 Å². The van der Waals surface area contributed by atoms with Crippen molar-refractivity contribution in [3.63, 3.8) is 0 Å². The Morgan fingerprint density at radius 1 is 1.35 bits per heavy atom. The predicted molar refractivity (Wildman–Crippen MR) is 77.4 cm³/mol. The van der Waals surface area contributed by atoms with Crippen LogP contribution in [0.25, 0.3) is 0 Å². The number of ether oxygens (including phenoxy) is 3. The van der Waals surface area contributed by atoms with Gasteiger partial charge < -0.3 is 19.5 Å². The van der Waals surface area contributed by atoms with E-state index in [9.17, 15) is 0 Å². The molecule has 1 N–H and O–H groups in total. The Labute approximate surface area is 120 Å². The predicted octanol–water partition coefficient (Wildman–Crippen LogP) is 2.68. The fourth-order valence-electron chi connectivity index (χ4n) is 3.44. The molecule has 3 unspecified atom stereocenters. The van der Waals surface area contributed by atoms with E-state index in [-0.39, 0.29) is 11.7 Å². The second kappa shape index (κ2) is 5.26. The van der Waals surface area contributed by atoms with Crippen molar-refractivity contribution in [2.75, 3.05) is 20.8 Å². The highest BCUT2D eigenvalue weighted by atomic mass is 16.5. The van der Waals surface area contributed by atoms with Crippen molar-refractivity contribution >= 4 is 0 Å². The molecule has 1 saturated heterocycles. The Kier molecular flexibility index (Phi) is 3.61. The molecule has 0 radical (unpaired) electrons. The van der Waals surface area contributed by atoms with Crippen LogP contribution >= 0.6 is 0 Å². The minimum atomic E-state index is -0.0903. The van der Waals surface area contributed by atoms with Crippen LogP contribution in [0.1, 0.15) is 37.8 Å². The first-order chi connectivity index (χ1) is 9.65. The van der Waals surface area contributed by atoms with Crippen molar-refractivity contribution in [3.8, 4) is 11.5 Å². The number of rotatable bonds is 2. The van der Waals surface area contributed by atoms with Gasteiger partial charge in [0.2, 0.25) is 0 Å². The lowest BCUT2D eigenvalue weighted by atomic mass is 9.80. The Hall–Kier alpha value is -1.26. The molecule has 4 nitrogen and oxygen atoms in total. The third-order valence-corrected chi connectivity index (χ3v) is 4.46. The summed E-state index contributed by atoms with van der Waals surface area (Å²) in [5.41, 5.74) is 1.10. The molecule has 2 aliphatic heterocycles. The third kappa shape index (κ3) is 2.38. The molecule has 1 aromatic carbocycles. The summed E-state index contributed by atoms with van der Waals surface area (Å²) in [5, 5.41) is 3.42. The first kappa shape index (κ1) is 13.7. The first-order valence-electron chi connectivity index (χ1n) is 7.31. The molecule has 2 heterocycles. The van der Waals surface area contributed by atoms with Crippen molar-refractivity contribution in [3.05, 3.63) is 23.8 Å². The lowest BCUT2D eigenvalue weighted by Crippen LogP contribution is -2.49. The van der Waals surface area contributed by atoms with Gasteiger partial charge in [0.25, 0.3) is 0 Å². The van der Waals surface area contributed by atoms with E-state index in [0.29, 0.717) is 6.04 Å². The van der Waals surface area contributed by atoms with Crippen LogP contribution in [0.3, 0.4) is 0 Å². The van der Waals surface area contributed by atoms with Gasteiger partial charge in [-0.15, -0.1) is 0 Å². The highest BCUT2D eigenvalue weighted by Crippen LogP contribution is 2.45. The second-order valence-corrected chi connectivity index (χ2v) is 5.87. The summed E-state index contributed by atoms with van der Waals surface area (Å²) < 4.78 is 17.4. The topological polar surface area (TPSA) is 39.7 Å². The summed E-state index contributed by atoms with van der Waals surface area (Å²) in [6.45, 7) is 2.91. The van der Waals surface area contributed by atoms with Gasteiger partial charge in [0, 0.05) is 30.9 Å². The number of nitrogens with one attached hydrogen (secondary N) is 1. The normalized spacial score (nSPS) is 32.5. The van der Waals surface area contributed by atoms with Crippen LogP contribution in [0.2, 0.25) is 0 Å². The maximum Gasteiger partial charge on any atom is 0.125 e. The minimum absolute atomic E-state index is 0.0903. The third-order valence-electron chi connectivity index (χ3n) is 4.46. The van der Waals surface area contributed by atoms with Crippen LogP contribution in [-0.4, -0.2) is 32.5 Å². The van der Waals surface area contributed by atoms with Crippen LogP contribution in [0, 0.1) is 0 Å². The summed E-state index contributed by atoms with van der Waals surface area (Å²) in [7, 11) is 3.71. The Morgan fingerprint density at radius 3 is 2.90 bits per heavy atom. The molecular formula is C16H23NO3. The van der Waals surface area contributed by atoms with Crippen LogP contribution in [0.15, 0.2) is 18.2 Å². The SMILES string of the molecule is CNC1CC2(CCOC(C)C2)Oc2ccc(OC)cc21. The van der Waals surface area contributed by atoms with Crippen LogP contribution in [-0.2, 0) is 4.74 Å². The summed E-state index contributed by atoms with van der Waals surface area (Å²) in [6.07, 6.45) is 3.16. The molecule has 3 rings (SSSR count). The van der Waals surface area contributed by atoms with E-state index in [2.05, 4.69) is 18.3 Å². The van der Waals surface area contributed by atoms with Gasteiger partial charge in [0.05, 0.1) is 19.8 Å². The summed E-state index contributed by atoms with van der Waals surface area (Å²) in [6, 6.07) is 6.37. The maximum atomic E-state index is 6.39. The summed E-state index contributed by atoms with van der Waals surface area (Å²) >= 11 is 0. The van der Waals surface area contributed by atoms with Crippen molar-refractivity contribution in [1.29, 1.82) is 0 Å². The molecule has 4 heteroatoms. The van der Waals surface area contributed by atoms with Crippen LogP contribution in [0.5, 0.6) is 11.5 Å². The van der Waals surface area contributed by atoms with Gasteiger partial charge in [-0.25, -0.2) is 0 Å². The number of hydrogen-bond acceptors (Lipinski definition) is 4. The van der Waals surface area contributed by atoms with Crippen molar-refractivity contribution in [2.24, 2.45) is 0 Å². The zero-order valence-corrected chi connectivity index (χ0v) is 12.4. The quantitative estimate of drug-likeness (QED) is 0.902. The average Bonchev–Trinajstić information content (AvgIpc) is 2.45. The number of methoxy groups -OCH3 is 1. The van der Waals surface area contributed by atoms with Crippen molar-refractivity contribution in [1.82, 2.24) is 5.32 Å². The molecule has 2 aliphatic rings. The molecule has 0 bridgehead atoms. The summed E-state index contributed by atoms with van der Waals surface area (Å²) in [4.78, 5) is 0. The molecule has 0 aliphatic carbocycles. The molecule has 3 atom stereocenters. The van der Waals surface area contributed by atoms with Gasteiger partial charge in [-0.05, 0) is 32.2 Å². The van der Waals surface area contributed by atoms with E-state index in [1.807, 2.05) is 19.2 Å². The number of hydrogen-bond donors (Lipinski definition) is 1. The van der Waals surface area contributed by atoms with E-state index >= 15 is 0 Å². The monoisotopic (exact) mass is 277 g/mol. The van der Waals surface area contributed by atoms with Gasteiger partial charge >= 0.3 is 0 Å². The van der Waals surface area contributed by atoms with E-state index < -0.39 is 0 Å². The van der Waals surface area contributed by atoms with E-state index in [4.69, 9.17) is 14.2 Å². The molecular weight excluding hydrogens is 254 g/mol. The molecule has 1 aromatic rings. The van der Waals surface area contributed by atoms with Gasteiger partial charge in [-0.3, -0.25) is 0 Å². The standard InChI is InChI=1S/C16H23NO3/c1-11-9-16(6-7-19-11)10-14(17-2)13-8-12(18-3)4-5-15(13)20-16/h4-5,8,11,14,17H,6-7,9-10H2,1-3H3. The largest absolute Gasteiger partial charge is 0.497 e. The fraction of sp³-hybridized carbons (Fsp3) is 0.625. The molecule has 1 spiro atoms. The van der Waals surface area contributed by atoms with Gasteiger partial charge in [-0.1, -0.05) is 0 Å². The lowest BCUT2D eigenvalue weighted by Gasteiger charge is -2.46. The molecule has 20 heavy (non-hydrogen) atoms. The second-order valence-electron chi connectivity index (χ2n) is 5.87. The first-order valence-corrected chi connectivity index (χ1v) is 7.31. The van der Waals surface area contributed by atoms with Gasteiger partial charge in [0.1, 0.15) is 17.1 Å². The Bertz CT molecular complexity index is 491. The number of fused-ring (bicyclic) bond motifs is 1. The average molecular weight is 277 g/mol. The zero-order chi connectivity index (χ0) is 14.2. The van der Waals surface area contributed by atoms with E-state index in [1.54, 1.807) is 7.11 Å². The highest BCUT2D eigenvalue weighted by Gasteiger charge is 2.43. The molecule has 0 aromatic heterocycles. The van der Waals surface area contributed by atoms with Crippen LogP contribution < -0.4 is 14.8 Å². The maximum absolute atomic E-state index is 6.39. The highest BCUT2D eigenvalue weighted by molar-refractivity contribution is 5.44. The van der Waals surface area contributed by atoms with E-state index in [1.165, 1.54) is 5.56 Å². The number of benzene rings is 1. The zero-order valence-electron chi connectivity index (χ0n) is 12.4. The van der Waals surface area contributed by atoms with Crippen molar-refractivity contribution < 1.29 is 14.2 Å². The molecule has 110 valence electrons. The summed E-state index contributed by atoms with van der Waals surface area (Å²) in [5.74, 6) is 1.86. The molecule has 0 amide bonds. The Morgan fingerprint density at radius 2 is 2.20 bits per heavy atom. The minimum Gasteiger partial charge on any atom is -0.497 e. The van der Waals surface area contributed by atoms with Gasteiger partial charge in [-0.2, -0.15) is 0 Å². The smallest absolute Gasteiger partial charge is 0.125 e. The molecule has 0 saturated carbocycles. The van der Waals surface area contributed by atoms with E-state index in [0.717, 1.165) is 37.4 Å². The van der Waals surface area contributed by atoms with Gasteiger partial charge in [0.15, 0.2) is 0 Å². The lowest BCUT2D eigenvalue weighted by molar-refractivity contribution is -0.0964. The fourth-order valence-corrected chi connectivity index (χ4v) is 3.44. The van der Waals surface area contributed by atoms with Crippen LogP contribution in [0.4, 0.5) is 0 Å².